The van der Waals surface area contributed by atoms with E-state index in [4.69, 9.17) is 4.74 Å². The van der Waals surface area contributed by atoms with E-state index in [1.54, 1.807) is 7.11 Å². The van der Waals surface area contributed by atoms with Crippen LogP contribution in [0.5, 0.6) is 6.01 Å². The summed E-state index contributed by atoms with van der Waals surface area (Å²) in [6, 6.07) is 0.337. The van der Waals surface area contributed by atoms with E-state index < -0.39 is 0 Å². The van der Waals surface area contributed by atoms with Gasteiger partial charge in [-0.2, -0.15) is 26.7 Å². The summed E-state index contributed by atoms with van der Waals surface area (Å²) in [6.45, 7) is 3.80. The van der Waals surface area contributed by atoms with Gasteiger partial charge in [-0.15, -0.1) is 0 Å². The summed E-state index contributed by atoms with van der Waals surface area (Å²) < 4.78 is 5.09. The first-order valence-electron chi connectivity index (χ1n) is 7.07. The second-order valence-corrected chi connectivity index (χ2v) is 5.36. The molecule has 0 saturated heterocycles. The van der Waals surface area contributed by atoms with Gasteiger partial charge in [-0.05, 0) is 31.3 Å². The number of anilines is 2. The lowest BCUT2D eigenvalue weighted by Crippen LogP contribution is -2.11. The van der Waals surface area contributed by atoms with E-state index in [1.165, 1.54) is 18.6 Å². The minimum Gasteiger partial charge on any atom is -0.467 e. The molecule has 0 aromatic carbocycles. The molecule has 20 heavy (non-hydrogen) atoms. The largest absolute Gasteiger partial charge is 0.467 e. The van der Waals surface area contributed by atoms with E-state index in [0.717, 1.165) is 25.9 Å². The van der Waals surface area contributed by atoms with E-state index in [2.05, 4.69) is 38.8 Å². The summed E-state index contributed by atoms with van der Waals surface area (Å²) in [6.07, 6.45) is 6.75. The summed E-state index contributed by atoms with van der Waals surface area (Å²) in [5.74, 6) is 2.36. The van der Waals surface area contributed by atoms with Crippen molar-refractivity contribution in [2.24, 2.45) is 0 Å². The molecule has 0 unspecified atom stereocenters. The molecule has 1 aromatic rings. The predicted octanol–water partition coefficient (Wildman–Crippen LogP) is 2.65. The number of hydrogen-bond acceptors (Lipinski definition) is 7. The molecule has 0 spiro atoms. The van der Waals surface area contributed by atoms with Gasteiger partial charge in [0.15, 0.2) is 0 Å². The lowest BCUT2D eigenvalue weighted by atomic mass is 10.2. The van der Waals surface area contributed by atoms with Gasteiger partial charge in [-0.3, -0.25) is 0 Å². The standard InChI is InChI=1S/C13H25N5OS/c1-4-8-14-11-16-12(18-13(17-11)19-2)15-9-6-5-7-10-20-3/h4-10H2,1-3H3,(H2,14,15,16,17,18). The average molecular weight is 299 g/mol. The third-order valence-electron chi connectivity index (χ3n) is 2.64. The Kier molecular flexibility index (Phi) is 8.86. The van der Waals surface area contributed by atoms with Crippen molar-refractivity contribution in [2.75, 3.05) is 42.8 Å². The number of ether oxygens (including phenoxy) is 1. The Labute approximate surface area is 125 Å². The molecule has 0 aliphatic heterocycles. The number of hydrogen-bond donors (Lipinski definition) is 2. The van der Waals surface area contributed by atoms with E-state index in [0.29, 0.717) is 17.9 Å². The van der Waals surface area contributed by atoms with Crippen LogP contribution in [0.2, 0.25) is 0 Å². The molecule has 1 heterocycles. The topological polar surface area (TPSA) is 72.0 Å². The van der Waals surface area contributed by atoms with Crippen LogP contribution in [0.4, 0.5) is 11.9 Å². The van der Waals surface area contributed by atoms with Crippen LogP contribution in [0.25, 0.3) is 0 Å². The lowest BCUT2D eigenvalue weighted by molar-refractivity contribution is 0.379. The summed E-state index contributed by atoms with van der Waals surface area (Å²) in [5, 5.41) is 6.37. The van der Waals surface area contributed by atoms with Crippen LogP contribution in [0.15, 0.2) is 0 Å². The Morgan fingerprint density at radius 2 is 1.70 bits per heavy atom. The minimum atomic E-state index is 0.337. The van der Waals surface area contributed by atoms with Crippen LogP contribution >= 0.6 is 11.8 Å². The zero-order valence-electron chi connectivity index (χ0n) is 12.6. The Hall–Kier alpha value is -1.24. The fraction of sp³-hybridized carbons (Fsp3) is 0.769. The second kappa shape index (κ2) is 10.5. The molecule has 7 heteroatoms. The minimum absolute atomic E-state index is 0.337. The molecule has 0 saturated carbocycles. The van der Waals surface area contributed by atoms with Crippen LogP contribution < -0.4 is 15.4 Å². The first-order chi connectivity index (χ1) is 9.80. The highest BCUT2D eigenvalue weighted by Crippen LogP contribution is 2.11. The van der Waals surface area contributed by atoms with Gasteiger partial charge in [0.25, 0.3) is 0 Å². The number of thioether (sulfide) groups is 1. The van der Waals surface area contributed by atoms with Crippen molar-refractivity contribution < 1.29 is 4.74 Å². The van der Waals surface area contributed by atoms with E-state index in [-0.39, 0.29) is 0 Å². The predicted molar refractivity (Wildman–Crippen MR) is 85.9 cm³/mol. The molecular formula is C13H25N5OS. The maximum Gasteiger partial charge on any atom is 0.322 e. The van der Waals surface area contributed by atoms with Gasteiger partial charge in [-0.1, -0.05) is 13.3 Å². The van der Waals surface area contributed by atoms with Gasteiger partial charge in [0, 0.05) is 13.1 Å². The van der Waals surface area contributed by atoms with Gasteiger partial charge >= 0.3 is 6.01 Å². The summed E-state index contributed by atoms with van der Waals surface area (Å²) in [7, 11) is 1.56. The normalized spacial score (nSPS) is 10.3. The number of nitrogens with one attached hydrogen (secondary N) is 2. The number of methoxy groups -OCH3 is 1. The maximum absolute atomic E-state index is 5.09. The third kappa shape index (κ3) is 6.79. The number of rotatable bonds is 11. The Morgan fingerprint density at radius 1 is 1.00 bits per heavy atom. The number of aromatic nitrogens is 3. The van der Waals surface area contributed by atoms with Crippen molar-refractivity contribution in [3.8, 4) is 6.01 Å². The van der Waals surface area contributed by atoms with Crippen LogP contribution in [-0.2, 0) is 0 Å². The monoisotopic (exact) mass is 299 g/mol. The average Bonchev–Trinajstić information content (AvgIpc) is 2.48. The van der Waals surface area contributed by atoms with Crippen molar-refractivity contribution in [1.29, 1.82) is 0 Å². The van der Waals surface area contributed by atoms with Crippen LogP contribution in [0, 0.1) is 0 Å². The fourth-order valence-corrected chi connectivity index (χ4v) is 2.08. The summed E-state index contributed by atoms with van der Waals surface area (Å²) >= 11 is 1.89. The molecular weight excluding hydrogens is 274 g/mol. The van der Waals surface area contributed by atoms with Crippen molar-refractivity contribution in [1.82, 2.24) is 15.0 Å². The first kappa shape index (κ1) is 16.8. The quantitative estimate of drug-likeness (QED) is 0.609. The zero-order valence-corrected chi connectivity index (χ0v) is 13.4. The van der Waals surface area contributed by atoms with Gasteiger partial charge < -0.3 is 15.4 Å². The van der Waals surface area contributed by atoms with E-state index >= 15 is 0 Å². The van der Waals surface area contributed by atoms with Crippen molar-refractivity contribution in [2.45, 2.75) is 32.6 Å². The van der Waals surface area contributed by atoms with Crippen LogP contribution in [0.3, 0.4) is 0 Å². The molecule has 0 aliphatic rings. The molecule has 0 atom stereocenters. The Morgan fingerprint density at radius 3 is 2.30 bits per heavy atom. The van der Waals surface area contributed by atoms with Crippen LogP contribution in [0.1, 0.15) is 32.6 Å². The summed E-state index contributed by atoms with van der Waals surface area (Å²) in [5.41, 5.74) is 0. The Balaban J connectivity index is 2.42. The number of nitrogens with zero attached hydrogens (tertiary/aromatic N) is 3. The van der Waals surface area contributed by atoms with E-state index in [1.807, 2.05) is 11.8 Å². The highest BCUT2D eigenvalue weighted by molar-refractivity contribution is 7.98. The smallest absolute Gasteiger partial charge is 0.322 e. The molecule has 1 rings (SSSR count). The zero-order chi connectivity index (χ0) is 14.6. The lowest BCUT2D eigenvalue weighted by Gasteiger charge is -2.09. The van der Waals surface area contributed by atoms with Gasteiger partial charge in [0.2, 0.25) is 11.9 Å². The Bertz CT molecular complexity index is 378. The van der Waals surface area contributed by atoms with Crippen molar-refractivity contribution in [3.05, 3.63) is 0 Å². The molecule has 0 bridgehead atoms. The molecule has 6 nitrogen and oxygen atoms in total. The van der Waals surface area contributed by atoms with Gasteiger partial charge in [-0.25, -0.2) is 0 Å². The third-order valence-corrected chi connectivity index (χ3v) is 3.34. The molecule has 2 N–H and O–H groups in total. The van der Waals surface area contributed by atoms with Gasteiger partial charge in [0.1, 0.15) is 0 Å². The molecule has 0 amide bonds. The molecule has 0 radical (unpaired) electrons. The first-order valence-corrected chi connectivity index (χ1v) is 8.46. The molecule has 1 aromatic heterocycles. The van der Waals surface area contributed by atoms with Crippen molar-refractivity contribution >= 4 is 23.7 Å². The van der Waals surface area contributed by atoms with Gasteiger partial charge in [0.05, 0.1) is 7.11 Å². The highest BCUT2D eigenvalue weighted by atomic mass is 32.2. The molecule has 0 aliphatic carbocycles. The maximum atomic E-state index is 5.09. The SMILES string of the molecule is CCCNc1nc(NCCCCCSC)nc(OC)n1. The summed E-state index contributed by atoms with van der Waals surface area (Å²) in [4.78, 5) is 12.7. The van der Waals surface area contributed by atoms with Crippen molar-refractivity contribution in [3.63, 3.8) is 0 Å². The highest BCUT2D eigenvalue weighted by Gasteiger charge is 2.05. The van der Waals surface area contributed by atoms with Crippen LogP contribution in [-0.4, -0.2) is 47.2 Å². The number of unbranched alkanes of at least 4 members (excludes halogenated alkanes) is 2. The molecule has 114 valence electrons. The molecule has 0 fully saturated rings. The fourth-order valence-electron chi connectivity index (χ4n) is 1.59. The second-order valence-electron chi connectivity index (χ2n) is 4.38. The van der Waals surface area contributed by atoms with E-state index in [9.17, 15) is 0 Å².